The van der Waals surface area contributed by atoms with Gasteiger partial charge in [0, 0.05) is 12.3 Å². The van der Waals surface area contributed by atoms with Crippen molar-refractivity contribution in [1.82, 2.24) is 4.57 Å². The molecule has 2 heterocycles. The van der Waals surface area contributed by atoms with Crippen LogP contribution < -0.4 is 10.3 Å². The van der Waals surface area contributed by atoms with Gasteiger partial charge in [0.15, 0.2) is 5.72 Å². The van der Waals surface area contributed by atoms with Crippen molar-refractivity contribution in [2.75, 3.05) is 0 Å². The Hall–Kier alpha value is -3.07. The lowest BCUT2D eigenvalue weighted by molar-refractivity contribution is 0.114. The molecule has 1 aliphatic heterocycles. The Bertz CT molecular complexity index is 888. The van der Waals surface area contributed by atoms with Crippen molar-refractivity contribution < 1.29 is 9.84 Å². The number of nitrogens with zero attached hydrogens (tertiary/aromatic N) is 3. The molecule has 0 saturated heterocycles. The van der Waals surface area contributed by atoms with Crippen LogP contribution in [0.2, 0.25) is 0 Å². The van der Waals surface area contributed by atoms with Gasteiger partial charge in [-0.1, -0.05) is 0 Å². The fraction of sp³-hybridized carbons (Fsp3) is 0.188. The van der Waals surface area contributed by atoms with Crippen molar-refractivity contribution in [3.63, 3.8) is 0 Å². The highest BCUT2D eigenvalue weighted by molar-refractivity contribution is 6.03. The fourth-order valence-electron chi connectivity index (χ4n) is 2.30. The van der Waals surface area contributed by atoms with Gasteiger partial charge in [-0.25, -0.2) is 4.99 Å². The summed E-state index contributed by atoms with van der Waals surface area (Å²) in [6.07, 6.45) is 1.45. The molecule has 0 radical (unpaired) electrons. The molecule has 1 aromatic heterocycles. The second-order valence-electron chi connectivity index (χ2n) is 5.40. The van der Waals surface area contributed by atoms with Crippen molar-refractivity contribution in [3.8, 4) is 17.6 Å². The Morgan fingerprint density at radius 2 is 2.09 bits per heavy atom. The van der Waals surface area contributed by atoms with Gasteiger partial charge in [0.25, 0.3) is 5.56 Å². The average Bonchev–Trinajstić information content (AvgIpc) is 2.45. The van der Waals surface area contributed by atoms with Gasteiger partial charge in [-0.05, 0) is 38.1 Å². The molecule has 0 fully saturated rings. The van der Waals surface area contributed by atoms with E-state index in [1.54, 1.807) is 32.0 Å². The van der Waals surface area contributed by atoms with Crippen LogP contribution in [0.15, 0.2) is 46.3 Å². The van der Waals surface area contributed by atoms with Crippen LogP contribution in [0, 0.1) is 11.3 Å². The predicted octanol–water partition coefficient (Wildman–Crippen LogP) is 1.85. The van der Waals surface area contributed by atoms with Crippen LogP contribution in [0.1, 0.15) is 25.0 Å². The van der Waals surface area contributed by atoms with Gasteiger partial charge in [0.1, 0.15) is 17.3 Å². The maximum atomic E-state index is 12.1. The lowest BCUT2D eigenvalue weighted by Gasteiger charge is -2.30. The Labute approximate surface area is 126 Å². The first-order valence-electron chi connectivity index (χ1n) is 6.65. The number of rotatable bonds is 0. The van der Waals surface area contributed by atoms with Crippen LogP contribution in [-0.4, -0.2) is 21.2 Å². The first-order chi connectivity index (χ1) is 10.4. The van der Waals surface area contributed by atoms with E-state index in [1.807, 2.05) is 0 Å². The van der Waals surface area contributed by atoms with Crippen LogP contribution >= 0.6 is 0 Å². The second-order valence-corrected chi connectivity index (χ2v) is 5.40. The maximum absolute atomic E-state index is 12.1. The molecule has 1 aliphatic rings. The van der Waals surface area contributed by atoms with Gasteiger partial charge < -0.3 is 9.84 Å². The minimum absolute atomic E-state index is 0.112. The van der Waals surface area contributed by atoms with E-state index < -0.39 is 11.3 Å². The third-order valence-corrected chi connectivity index (χ3v) is 3.22. The minimum atomic E-state index is -0.839. The highest BCUT2D eigenvalue weighted by atomic mass is 16.5. The van der Waals surface area contributed by atoms with Crippen molar-refractivity contribution in [1.29, 1.82) is 5.26 Å². The van der Waals surface area contributed by atoms with E-state index in [2.05, 4.69) is 11.1 Å². The maximum Gasteiger partial charge on any atom is 0.259 e. The van der Waals surface area contributed by atoms with Crippen molar-refractivity contribution in [2.45, 2.75) is 19.6 Å². The molecule has 0 amide bonds. The molecule has 2 aromatic rings. The van der Waals surface area contributed by atoms with Gasteiger partial charge in [0.2, 0.25) is 0 Å². The van der Waals surface area contributed by atoms with Gasteiger partial charge in [0.05, 0.1) is 17.2 Å². The summed E-state index contributed by atoms with van der Waals surface area (Å²) >= 11 is 0. The number of pyridine rings is 1. The average molecular weight is 295 g/mol. The van der Waals surface area contributed by atoms with Gasteiger partial charge in [-0.3, -0.25) is 9.36 Å². The molecule has 1 N–H and O–H groups in total. The molecule has 0 spiro atoms. The molecule has 0 unspecified atom stereocenters. The van der Waals surface area contributed by atoms with E-state index in [0.29, 0.717) is 22.7 Å². The van der Waals surface area contributed by atoms with Crippen molar-refractivity contribution >= 4 is 5.84 Å². The van der Waals surface area contributed by atoms with E-state index in [1.165, 1.54) is 16.8 Å². The largest absolute Gasteiger partial charge is 0.508 e. The summed E-state index contributed by atoms with van der Waals surface area (Å²) in [5, 5.41) is 18.5. The zero-order chi connectivity index (χ0) is 15.9. The highest BCUT2D eigenvalue weighted by Gasteiger charge is 2.29. The molecule has 0 atom stereocenters. The summed E-state index contributed by atoms with van der Waals surface area (Å²) in [5.41, 5.74) is -0.245. The quantitative estimate of drug-likeness (QED) is 0.803. The Balaban J connectivity index is 2.27. The molecular formula is C16H13N3O3. The molecule has 0 aliphatic carbocycles. The highest BCUT2D eigenvalue weighted by Crippen LogP contribution is 2.31. The van der Waals surface area contributed by atoms with Crippen LogP contribution in [0.4, 0.5) is 0 Å². The normalized spacial score (nSPS) is 15.2. The van der Waals surface area contributed by atoms with Crippen molar-refractivity contribution in [3.05, 3.63) is 58.0 Å². The van der Waals surface area contributed by atoms with E-state index in [9.17, 15) is 9.90 Å². The summed E-state index contributed by atoms with van der Waals surface area (Å²) in [5.74, 6) is 0.821. The van der Waals surface area contributed by atoms with Crippen LogP contribution in [-0.2, 0) is 0 Å². The standard InChI is InChI=1S/C16H13N3O3/c1-16(2)18-15(19-6-5-11(20)8-14(19)21)12-7-10(9-17)3-4-13(12)22-16/h3-8,20H,1-2H3. The minimum Gasteiger partial charge on any atom is -0.508 e. The molecular weight excluding hydrogens is 282 g/mol. The number of fused-ring (bicyclic) bond motifs is 1. The van der Waals surface area contributed by atoms with Gasteiger partial charge in [-0.15, -0.1) is 0 Å². The second kappa shape index (κ2) is 4.74. The Morgan fingerprint density at radius 1 is 1.32 bits per heavy atom. The van der Waals surface area contributed by atoms with Crippen molar-refractivity contribution in [2.24, 2.45) is 4.99 Å². The summed E-state index contributed by atoms with van der Waals surface area (Å²) in [7, 11) is 0. The van der Waals surface area contributed by atoms with E-state index in [0.717, 1.165) is 6.07 Å². The first-order valence-corrected chi connectivity index (χ1v) is 6.65. The zero-order valence-electron chi connectivity index (χ0n) is 12.1. The third-order valence-electron chi connectivity index (χ3n) is 3.22. The molecule has 22 heavy (non-hydrogen) atoms. The number of benzene rings is 1. The predicted molar refractivity (Wildman–Crippen MR) is 80.2 cm³/mol. The molecule has 1 aromatic carbocycles. The molecule has 110 valence electrons. The van der Waals surface area contributed by atoms with E-state index in [4.69, 9.17) is 10.00 Å². The number of aromatic nitrogens is 1. The molecule has 3 rings (SSSR count). The Morgan fingerprint density at radius 3 is 2.77 bits per heavy atom. The topological polar surface area (TPSA) is 87.6 Å². The van der Waals surface area contributed by atoms with E-state index >= 15 is 0 Å². The number of hydrogen-bond acceptors (Lipinski definition) is 5. The number of ether oxygens (including phenoxy) is 1. The smallest absolute Gasteiger partial charge is 0.259 e. The molecule has 0 bridgehead atoms. The zero-order valence-corrected chi connectivity index (χ0v) is 12.1. The first kappa shape index (κ1) is 13.9. The van der Waals surface area contributed by atoms with E-state index in [-0.39, 0.29) is 5.75 Å². The summed E-state index contributed by atoms with van der Waals surface area (Å²) in [6.45, 7) is 3.55. The lowest BCUT2D eigenvalue weighted by Crippen LogP contribution is -2.37. The number of aliphatic imine (C=N–C) groups is 1. The van der Waals surface area contributed by atoms with Crippen LogP contribution in [0.3, 0.4) is 0 Å². The number of aromatic hydroxyl groups is 1. The Kier molecular flexibility index (Phi) is 2.99. The summed E-state index contributed by atoms with van der Waals surface area (Å²) in [6, 6.07) is 9.54. The molecule has 6 heteroatoms. The third kappa shape index (κ3) is 2.33. The number of hydrogen-bond donors (Lipinski definition) is 1. The molecule has 6 nitrogen and oxygen atoms in total. The van der Waals surface area contributed by atoms with Crippen LogP contribution in [0.5, 0.6) is 11.5 Å². The van der Waals surface area contributed by atoms with Crippen LogP contribution in [0.25, 0.3) is 0 Å². The summed E-state index contributed by atoms with van der Waals surface area (Å²) in [4.78, 5) is 16.6. The monoisotopic (exact) mass is 295 g/mol. The van der Waals surface area contributed by atoms with Gasteiger partial charge >= 0.3 is 0 Å². The lowest BCUT2D eigenvalue weighted by atomic mass is 10.1. The summed E-state index contributed by atoms with van der Waals surface area (Å²) < 4.78 is 7.10. The van der Waals surface area contributed by atoms with Gasteiger partial charge in [-0.2, -0.15) is 5.26 Å². The molecule has 0 saturated carbocycles. The fourth-order valence-corrected chi connectivity index (χ4v) is 2.30. The number of nitriles is 1. The SMILES string of the molecule is CC1(C)N=C(n2ccc(O)cc2=O)c2cc(C#N)ccc2O1.